The number of para-hydroxylation sites is 1. The Labute approximate surface area is 158 Å². The zero-order valence-electron chi connectivity index (χ0n) is 15.0. The van der Waals surface area contributed by atoms with Gasteiger partial charge in [0.25, 0.3) is 0 Å². The third-order valence-electron chi connectivity index (χ3n) is 5.77. The number of anilines is 1. The second-order valence-corrected chi connectivity index (χ2v) is 8.97. The first kappa shape index (κ1) is 17.6. The third kappa shape index (κ3) is 3.04. The number of rotatable bonds is 2. The number of fused-ring (bicyclic) bond motifs is 2. The lowest BCUT2D eigenvalue weighted by Gasteiger charge is -2.25. The molecule has 26 heavy (non-hydrogen) atoms. The number of likely N-dealkylation sites (tertiary alicyclic amines) is 1. The lowest BCUT2D eigenvalue weighted by molar-refractivity contribution is -0.143. The van der Waals surface area contributed by atoms with Crippen LogP contribution in [0, 0.1) is 11.8 Å². The molecule has 0 N–H and O–H groups in total. The van der Waals surface area contributed by atoms with E-state index in [4.69, 9.17) is 0 Å². The molecule has 1 saturated heterocycles. The summed E-state index contributed by atoms with van der Waals surface area (Å²) in [6, 6.07) is 7.88. The second-order valence-electron chi connectivity index (χ2n) is 7.49. The summed E-state index contributed by atoms with van der Waals surface area (Å²) in [5.74, 6) is -0.836. The van der Waals surface area contributed by atoms with Crippen LogP contribution >= 0.6 is 11.8 Å². The number of nitrogens with zero attached hydrogens (tertiary/aromatic N) is 2. The van der Waals surface area contributed by atoms with Gasteiger partial charge >= 0.3 is 0 Å². The molecule has 5 nitrogen and oxygen atoms in total. The first-order valence-corrected chi connectivity index (χ1v) is 10.4. The van der Waals surface area contributed by atoms with Crippen molar-refractivity contribution in [1.29, 1.82) is 0 Å². The van der Waals surface area contributed by atoms with Gasteiger partial charge in [0, 0.05) is 16.7 Å². The Morgan fingerprint density at radius 1 is 1.08 bits per heavy atom. The molecule has 138 valence electrons. The molecule has 2 heterocycles. The van der Waals surface area contributed by atoms with Crippen LogP contribution in [0.4, 0.5) is 5.69 Å². The Balaban J connectivity index is 1.55. The fourth-order valence-electron chi connectivity index (χ4n) is 4.35. The van der Waals surface area contributed by atoms with E-state index in [-0.39, 0.29) is 36.1 Å². The molecular weight excluding hydrogens is 348 g/mol. The summed E-state index contributed by atoms with van der Waals surface area (Å²) in [6.07, 6.45) is 4.44. The van der Waals surface area contributed by atoms with Gasteiger partial charge in [0.1, 0.15) is 6.54 Å². The number of benzene rings is 1. The number of imide groups is 1. The maximum Gasteiger partial charge on any atom is 0.247 e. The molecule has 1 saturated carbocycles. The van der Waals surface area contributed by atoms with Crippen molar-refractivity contribution < 1.29 is 14.4 Å². The van der Waals surface area contributed by atoms with Gasteiger partial charge in [0.15, 0.2) is 0 Å². The van der Waals surface area contributed by atoms with Gasteiger partial charge in [-0.25, -0.2) is 0 Å². The summed E-state index contributed by atoms with van der Waals surface area (Å²) in [4.78, 5) is 42.4. The van der Waals surface area contributed by atoms with Crippen LogP contribution in [0.25, 0.3) is 0 Å². The zero-order chi connectivity index (χ0) is 18.3. The fraction of sp³-hybridized carbons (Fsp3) is 0.550. The Morgan fingerprint density at radius 3 is 2.42 bits per heavy atom. The molecular formula is C20H24N2O3S. The second kappa shape index (κ2) is 7.06. The van der Waals surface area contributed by atoms with Gasteiger partial charge in [0.2, 0.25) is 17.7 Å². The number of carbonyl (C=O) groups is 3. The molecule has 3 amide bonds. The molecule has 2 fully saturated rings. The highest BCUT2D eigenvalue weighted by Gasteiger charge is 2.48. The lowest BCUT2D eigenvalue weighted by Crippen LogP contribution is -2.43. The van der Waals surface area contributed by atoms with Crippen molar-refractivity contribution in [2.24, 2.45) is 11.8 Å². The molecule has 0 radical (unpaired) electrons. The summed E-state index contributed by atoms with van der Waals surface area (Å²) in [6.45, 7) is 2.65. The molecule has 1 aliphatic carbocycles. The summed E-state index contributed by atoms with van der Waals surface area (Å²) >= 11 is 1.77. The Kier molecular flexibility index (Phi) is 4.78. The van der Waals surface area contributed by atoms with E-state index >= 15 is 0 Å². The molecule has 6 heteroatoms. The van der Waals surface area contributed by atoms with E-state index in [2.05, 4.69) is 6.92 Å². The van der Waals surface area contributed by atoms with Gasteiger partial charge < -0.3 is 4.90 Å². The quantitative estimate of drug-likeness (QED) is 0.749. The van der Waals surface area contributed by atoms with Crippen LogP contribution in [0.5, 0.6) is 0 Å². The van der Waals surface area contributed by atoms with Crippen molar-refractivity contribution >= 4 is 35.2 Å². The van der Waals surface area contributed by atoms with Gasteiger partial charge in [-0.2, -0.15) is 0 Å². The Bertz CT molecular complexity index is 726. The van der Waals surface area contributed by atoms with Crippen molar-refractivity contribution in [1.82, 2.24) is 4.90 Å². The summed E-state index contributed by atoms with van der Waals surface area (Å²) in [5.41, 5.74) is 0.892. The average molecular weight is 372 g/mol. The molecule has 1 aromatic carbocycles. The molecule has 3 unspecified atom stereocenters. The molecule has 0 spiro atoms. The minimum absolute atomic E-state index is 0.127. The molecule has 4 rings (SSSR count). The molecule has 3 aliphatic rings. The van der Waals surface area contributed by atoms with Crippen LogP contribution in [-0.2, 0) is 14.4 Å². The number of amides is 3. The smallest absolute Gasteiger partial charge is 0.247 e. The lowest BCUT2D eigenvalue weighted by atomic mass is 9.81. The molecule has 2 aliphatic heterocycles. The molecule has 0 bridgehead atoms. The maximum absolute atomic E-state index is 13.0. The Hall–Kier alpha value is -1.82. The predicted octanol–water partition coefficient (Wildman–Crippen LogP) is 3.08. The van der Waals surface area contributed by atoms with E-state index in [0.29, 0.717) is 11.8 Å². The highest BCUT2D eigenvalue weighted by Crippen LogP contribution is 2.39. The molecule has 3 atom stereocenters. The van der Waals surface area contributed by atoms with Gasteiger partial charge in [0.05, 0.1) is 17.5 Å². The van der Waals surface area contributed by atoms with E-state index in [9.17, 15) is 14.4 Å². The van der Waals surface area contributed by atoms with E-state index < -0.39 is 0 Å². The first-order chi connectivity index (χ1) is 12.6. The van der Waals surface area contributed by atoms with Crippen LogP contribution in [0.3, 0.4) is 0 Å². The summed E-state index contributed by atoms with van der Waals surface area (Å²) in [7, 11) is 0. The van der Waals surface area contributed by atoms with Gasteiger partial charge in [-0.15, -0.1) is 11.8 Å². The van der Waals surface area contributed by atoms with E-state index in [0.717, 1.165) is 42.7 Å². The normalized spacial score (nSPS) is 28.6. The minimum atomic E-state index is -0.198. The highest BCUT2D eigenvalue weighted by molar-refractivity contribution is 8.00. The van der Waals surface area contributed by atoms with Gasteiger partial charge in [-0.05, 0) is 31.4 Å². The number of carbonyl (C=O) groups excluding carboxylic acids is 3. The van der Waals surface area contributed by atoms with E-state index in [1.807, 2.05) is 24.3 Å². The number of hydrogen-bond acceptors (Lipinski definition) is 4. The van der Waals surface area contributed by atoms with Crippen molar-refractivity contribution in [3.05, 3.63) is 24.3 Å². The zero-order valence-corrected chi connectivity index (χ0v) is 15.8. The molecule has 1 aromatic rings. The fourth-order valence-corrected chi connectivity index (χ4v) is 5.47. The average Bonchev–Trinajstić information content (AvgIpc) is 2.79. The van der Waals surface area contributed by atoms with Crippen LogP contribution in [0.2, 0.25) is 0 Å². The van der Waals surface area contributed by atoms with Crippen LogP contribution in [0.1, 0.15) is 39.0 Å². The van der Waals surface area contributed by atoms with Gasteiger partial charge in [-0.3, -0.25) is 19.3 Å². The van der Waals surface area contributed by atoms with Crippen LogP contribution in [0.15, 0.2) is 29.2 Å². The summed E-state index contributed by atoms with van der Waals surface area (Å²) < 4.78 is 0. The standard InChI is InChI=1S/C20H24N2O3S/c1-13-10-11-21(16-8-4-5-9-17(16)26-13)18(23)12-22-19(24)14-6-2-3-7-15(14)20(22)25/h4-5,8-9,13-15H,2-3,6-7,10-12H2,1H3. The first-order valence-electron chi connectivity index (χ1n) is 9.47. The van der Waals surface area contributed by atoms with Crippen molar-refractivity contribution in [3.8, 4) is 0 Å². The van der Waals surface area contributed by atoms with Crippen molar-refractivity contribution in [2.75, 3.05) is 18.0 Å². The topological polar surface area (TPSA) is 57.7 Å². The monoisotopic (exact) mass is 372 g/mol. The van der Waals surface area contributed by atoms with E-state index in [1.165, 1.54) is 4.90 Å². The van der Waals surface area contributed by atoms with Crippen molar-refractivity contribution in [3.63, 3.8) is 0 Å². The highest BCUT2D eigenvalue weighted by atomic mass is 32.2. The minimum Gasteiger partial charge on any atom is -0.310 e. The van der Waals surface area contributed by atoms with E-state index in [1.54, 1.807) is 16.7 Å². The third-order valence-corrected chi connectivity index (χ3v) is 7.01. The van der Waals surface area contributed by atoms with Gasteiger partial charge in [-0.1, -0.05) is 31.9 Å². The Morgan fingerprint density at radius 2 is 1.73 bits per heavy atom. The van der Waals surface area contributed by atoms with Crippen molar-refractivity contribution in [2.45, 2.75) is 49.2 Å². The molecule has 0 aromatic heterocycles. The number of hydrogen-bond donors (Lipinski definition) is 0. The SMILES string of the molecule is CC1CCN(C(=O)CN2C(=O)C3CCCCC3C2=O)c2ccccc2S1. The van der Waals surface area contributed by atoms with Crippen LogP contribution in [-0.4, -0.2) is 41.0 Å². The number of thioether (sulfide) groups is 1. The predicted molar refractivity (Wildman–Crippen MR) is 101 cm³/mol. The van der Waals surface area contributed by atoms with Crippen LogP contribution < -0.4 is 4.90 Å². The summed E-state index contributed by atoms with van der Waals surface area (Å²) in [5, 5.41) is 0.423. The largest absolute Gasteiger partial charge is 0.310 e. The maximum atomic E-state index is 13.0.